The Bertz CT molecular complexity index is 879. The third-order valence-electron chi connectivity index (χ3n) is 5.77. The molecule has 2 aliphatic rings. The molecule has 4 rings (SSSR count). The number of halogens is 1. The molecule has 2 saturated heterocycles. The summed E-state index contributed by atoms with van der Waals surface area (Å²) >= 11 is 0. The second-order valence-corrected chi connectivity index (χ2v) is 8.38. The van der Waals surface area contributed by atoms with E-state index < -0.39 is 0 Å². The molecule has 2 atom stereocenters. The number of carbonyl (C=O) groups excluding carboxylic acids is 1. The molecule has 0 saturated carbocycles. The summed E-state index contributed by atoms with van der Waals surface area (Å²) in [5, 5.41) is 2.84. The molecule has 0 spiro atoms. The quantitative estimate of drug-likeness (QED) is 0.812. The number of hydrogen-bond donors (Lipinski definition) is 1. The highest BCUT2D eigenvalue weighted by Crippen LogP contribution is 2.26. The number of nitrogens with zero attached hydrogens (tertiary/aromatic N) is 4. The number of benzene rings is 1. The van der Waals surface area contributed by atoms with Crippen LogP contribution in [0.1, 0.15) is 19.4 Å². The molecule has 166 valence electrons. The third-order valence-corrected chi connectivity index (χ3v) is 5.77. The molecule has 2 amide bonds. The van der Waals surface area contributed by atoms with Gasteiger partial charge in [-0.3, -0.25) is 9.88 Å². The van der Waals surface area contributed by atoms with Crippen LogP contribution in [0.25, 0.3) is 0 Å². The van der Waals surface area contributed by atoms with Crippen LogP contribution in [0.2, 0.25) is 0 Å². The van der Waals surface area contributed by atoms with E-state index in [0.717, 1.165) is 19.6 Å². The first kappa shape index (κ1) is 21.5. The largest absolute Gasteiger partial charge is 0.372 e. The minimum absolute atomic E-state index is 0.0553. The van der Waals surface area contributed by atoms with Gasteiger partial charge < -0.3 is 19.9 Å². The van der Waals surface area contributed by atoms with Crippen LogP contribution in [0.3, 0.4) is 0 Å². The van der Waals surface area contributed by atoms with Crippen molar-refractivity contribution in [2.24, 2.45) is 0 Å². The molecule has 2 aliphatic heterocycles. The zero-order valence-corrected chi connectivity index (χ0v) is 18.1. The minimum atomic E-state index is -0.332. The van der Waals surface area contributed by atoms with Crippen LogP contribution in [-0.4, -0.2) is 72.3 Å². The summed E-state index contributed by atoms with van der Waals surface area (Å²) in [6, 6.07) is 8.73. The van der Waals surface area contributed by atoms with Crippen LogP contribution >= 0.6 is 0 Å². The number of hydrogen-bond acceptors (Lipinski definition) is 5. The maximum Gasteiger partial charge on any atom is 0.321 e. The van der Waals surface area contributed by atoms with E-state index in [1.807, 2.05) is 30.9 Å². The van der Waals surface area contributed by atoms with Gasteiger partial charge in [-0.25, -0.2) is 9.18 Å². The summed E-state index contributed by atoms with van der Waals surface area (Å²) in [6.45, 7) is 9.02. The molecule has 0 bridgehead atoms. The molecule has 3 heterocycles. The summed E-state index contributed by atoms with van der Waals surface area (Å²) in [5.74, 6) is -0.332. The number of urea groups is 1. The maximum atomic E-state index is 14.8. The average molecular weight is 428 g/mol. The first-order valence-electron chi connectivity index (χ1n) is 10.8. The fraction of sp³-hybridized carbons (Fsp3) is 0.478. The predicted molar refractivity (Wildman–Crippen MR) is 119 cm³/mol. The molecule has 2 unspecified atom stereocenters. The number of anilines is 2. The summed E-state index contributed by atoms with van der Waals surface area (Å²) in [4.78, 5) is 22.8. The van der Waals surface area contributed by atoms with Crippen LogP contribution in [-0.2, 0) is 11.3 Å². The fourth-order valence-electron chi connectivity index (χ4n) is 4.27. The van der Waals surface area contributed by atoms with Gasteiger partial charge in [0.15, 0.2) is 0 Å². The van der Waals surface area contributed by atoms with E-state index in [9.17, 15) is 9.18 Å². The van der Waals surface area contributed by atoms with Gasteiger partial charge >= 0.3 is 6.03 Å². The number of aromatic nitrogens is 1. The van der Waals surface area contributed by atoms with Crippen molar-refractivity contribution in [1.29, 1.82) is 0 Å². The lowest BCUT2D eigenvalue weighted by Gasteiger charge is -2.37. The van der Waals surface area contributed by atoms with Crippen molar-refractivity contribution in [2.45, 2.75) is 32.6 Å². The zero-order chi connectivity index (χ0) is 21.8. The highest BCUT2D eigenvalue weighted by Gasteiger charge is 2.25. The summed E-state index contributed by atoms with van der Waals surface area (Å²) in [6.07, 6.45) is 3.70. The lowest BCUT2D eigenvalue weighted by atomic mass is 10.2. The lowest BCUT2D eigenvalue weighted by molar-refractivity contribution is -0.00539. The fourth-order valence-corrected chi connectivity index (χ4v) is 4.27. The molecule has 1 aromatic carbocycles. The summed E-state index contributed by atoms with van der Waals surface area (Å²) in [5.41, 5.74) is 2.23. The van der Waals surface area contributed by atoms with E-state index in [1.165, 1.54) is 11.6 Å². The molecule has 2 fully saturated rings. The zero-order valence-electron chi connectivity index (χ0n) is 18.1. The standard InChI is InChI=1S/C23H30FN5O2/c1-17-14-29(15-18(2)31-17)22-4-3-20(13-21(22)24)26-23(30)28-11-9-27(10-12-28)16-19-5-7-25-8-6-19/h3-8,13,17-18H,9-12,14-16H2,1-2H3,(H,26,30). The Kier molecular flexibility index (Phi) is 6.67. The lowest BCUT2D eigenvalue weighted by Crippen LogP contribution is -2.49. The number of rotatable bonds is 4. The average Bonchev–Trinajstić information content (AvgIpc) is 2.74. The van der Waals surface area contributed by atoms with Gasteiger partial charge in [0, 0.05) is 63.9 Å². The summed E-state index contributed by atoms with van der Waals surface area (Å²) < 4.78 is 20.5. The molecule has 2 aromatic rings. The Hall–Kier alpha value is -2.71. The molecular formula is C23H30FN5O2. The van der Waals surface area contributed by atoms with E-state index in [1.54, 1.807) is 29.4 Å². The molecule has 7 nitrogen and oxygen atoms in total. The number of ether oxygens (including phenoxy) is 1. The number of pyridine rings is 1. The molecule has 0 aliphatic carbocycles. The van der Waals surface area contributed by atoms with Crippen molar-refractivity contribution in [3.05, 3.63) is 54.1 Å². The second kappa shape index (κ2) is 9.62. The van der Waals surface area contributed by atoms with Gasteiger partial charge in [-0.1, -0.05) is 0 Å². The molecule has 8 heteroatoms. The number of piperazine rings is 1. The van der Waals surface area contributed by atoms with Gasteiger partial charge in [0.25, 0.3) is 0 Å². The van der Waals surface area contributed by atoms with Crippen molar-refractivity contribution < 1.29 is 13.9 Å². The Morgan fingerprint density at radius 1 is 1.10 bits per heavy atom. The Morgan fingerprint density at radius 2 is 1.77 bits per heavy atom. The van der Waals surface area contributed by atoms with Gasteiger partial charge in [-0.15, -0.1) is 0 Å². The minimum Gasteiger partial charge on any atom is -0.372 e. The van der Waals surface area contributed by atoms with E-state index in [2.05, 4.69) is 15.2 Å². The van der Waals surface area contributed by atoms with Crippen molar-refractivity contribution >= 4 is 17.4 Å². The van der Waals surface area contributed by atoms with E-state index in [-0.39, 0.29) is 24.1 Å². The normalized spacial score (nSPS) is 22.4. The molecule has 1 N–H and O–H groups in total. The van der Waals surface area contributed by atoms with Gasteiger partial charge in [0.2, 0.25) is 0 Å². The van der Waals surface area contributed by atoms with Gasteiger partial charge in [-0.05, 0) is 49.7 Å². The van der Waals surface area contributed by atoms with Gasteiger partial charge in [0.1, 0.15) is 5.82 Å². The van der Waals surface area contributed by atoms with Crippen LogP contribution in [0.5, 0.6) is 0 Å². The topological polar surface area (TPSA) is 60.9 Å². The summed E-state index contributed by atoms with van der Waals surface area (Å²) in [7, 11) is 0. The monoisotopic (exact) mass is 427 g/mol. The van der Waals surface area contributed by atoms with Crippen LogP contribution in [0, 0.1) is 5.82 Å². The number of nitrogens with one attached hydrogen (secondary N) is 1. The highest BCUT2D eigenvalue weighted by molar-refractivity contribution is 5.89. The number of carbonyl (C=O) groups is 1. The van der Waals surface area contributed by atoms with Crippen molar-refractivity contribution in [3.63, 3.8) is 0 Å². The highest BCUT2D eigenvalue weighted by atomic mass is 19.1. The van der Waals surface area contributed by atoms with Crippen LogP contribution in [0.4, 0.5) is 20.6 Å². The van der Waals surface area contributed by atoms with Crippen molar-refractivity contribution in [2.75, 3.05) is 49.5 Å². The van der Waals surface area contributed by atoms with E-state index >= 15 is 0 Å². The molecular weight excluding hydrogens is 397 g/mol. The van der Waals surface area contributed by atoms with Crippen molar-refractivity contribution in [1.82, 2.24) is 14.8 Å². The second-order valence-electron chi connectivity index (χ2n) is 8.38. The first-order chi connectivity index (χ1) is 15.0. The maximum absolute atomic E-state index is 14.8. The third kappa shape index (κ3) is 5.51. The van der Waals surface area contributed by atoms with Gasteiger partial charge in [0.05, 0.1) is 17.9 Å². The van der Waals surface area contributed by atoms with E-state index in [4.69, 9.17) is 4.74 Å². The Balaban J connectivity index is 1.30. The Labute approximate surface area is 182 Å². The molecule has 0 radical (unpaired) electrons. The van der Waals surface area contributed by atoms with Gasteiger partial charge in [-0.2, -0.15) is 0 Å². The van der Waals surface area contributed by atoms with Crippen LogP contribution < -0.4 is 10.2 Å². The predicted octanol–water partition coefficient (Wildman–Crippen LogP) is 3.18. The van der Waals surface area contributed by atoms with Crippen molar-refractivity contribution in [3.8, 4) is 0 Å². The SMILES string of the molecule is CC1CN(c2ccc(NC(=O)N3CCN(Cc4ccncc4)CC3)cc2F)CC(C)O1. The smallest absolute Gasteiger partial charge is 0.321 e. The number of morpholine rings is 1. The molecule has 1 aromatic heterocycles. The van der Waals surface area contributed by atoms with Crippen LogP contribution in [0.15, 0.2) is 42.7 Å². The van der Waals surface area contributed by atoms with E-state index in [0.29, 0.717) is 37.6 Å². The first-order valence-corrected chi connectivity index (χ1v) is 10.8. The number of amides is 2. The Morgan fingerprint density at radius 3 is 2.42 bits per heavy atom. The molecule has 31 heavy (non-hydrogen) atoms.